The first-order valence-corrected chi connectivity index (χ1v) is 7.57. The van der Waals surface area contributed by atoms with Gasteiger partial charge >= 0.3 is 0 Å². The van der Waals surface area contributed by atoms with E-state index in [0.717, 1.165) is 19.5 Å². The van der Waals surface area contributed by atoms with E-state index in [1.807, 2.05) is 6.07 Å². The Labute approximate surface area is 133 Å². The molecule has 0 saturated heterocycles. The lowest BCUT2D eigenvalue weighted by Crippen LogP contribution is -2.32. The third-order valence-electron chi connectivity index (χ3n) is 4.11. The van der Waals surface area contributed by atoms with Crippen molar-refractivity contribution in [1.82, 2.24) is 15.2 Å². The fourth-order valence-electron chi connectivity index (χ4n) is 2.89. The fraction of sp³-hybridized carbons (Fsp3) is 0.167. The van der Waals surface area contributed by atoms with E-state index in [2.05, 4.69) is 38.3 Å². The molecule has 2 aromatic carbocycles. The number of halogens is 1. The fourth-order valence-corrected chi connectivity index (χ4v) is 2.89. The van der Waals surface area contributed by atoms with Crippen LogP contribution >= 0.6 is 0 Å². The molecule has 0 spiro atoms. The van der Waals surface area contributed by atoms with Gasteiger partial charge in [-0.05, 0) is 29.7 Å². The molecule has 0 unspecified atom stereocenters. The summed E-state index contributed by atoms with van der Waals surface area (Å²) in [5.41, 5.74) is 3.59. The summed E-state index contributed by atoms with van der Waals surface area (Å²) in [6.45, 7) is 1.58. The highest BCUT2D eigenvalue weighted by Crippen LogP contribution is 2.24. The second-order valence-electron chi connectivity index (χ2n) is 5.56. The predicted molar refractivity (Wildman–Crippen MR) is 86.4 cm³/mol. The highest BCUT2D eigenvalue weighted by Gasteiger charge is 2.19. The largest absolute Gasteiger partial charge is 0.335 e. The van der Waals surface area contributed by atoms with Crippen LogP contribution in [0.15, 0.2) is 54.7 Å². The molecule has 1 aromatic heterocycles. The molecule has 0 amide bonds. The Hall–Kier alpha value is -2.82. The minimum Gasteiger partial charge on any atom is -0.335 e. The standard InChI is InChI=1S/C18H15FN4/c19-16-8-4-3-7-15(16)17-11-20-22-18(21-17)23-10-9-13-5-1-2-6-14(13)12-23/h1-8,11H,9-10,12H2. The Kier molecular flexibility index (Phi) is 3.46. The average molecular weight is 306 g/mol. The van der Waals surface area contributed by atoms with Crippen molar-refractivity contribution in [2.24, 2.45) is 0 Å². The van der Waals surface area contributed by atoms with Crippen LogP contribution in [0.5, 0.6) is 0 Å². The lowest BCUT2D eigenvalue weighted by Gasteiger charge is -2.28. The first-order chi connectivity index (χ1) is 11.3. The van der Waals surface area contributed by atoms with E-state index in [1.54, 1.807) is 18.2 Å². The third kappa shape index (κ3) is 2.65. The van der Waals surface area contributed by atoms with Crippen LogP contribution in [0.3, 0.4) is 0 Å². The maximum absolute atomic E-state index is 13.9. The SMILES string of the molecule is Fc1ccccc1-c1cnnc(N2CCc3ccccc3C2)n1. The summed E-state index contributed by atoms with van der Waals surface area (Å²) in [5, 5.41) is 8.15. The molecule has 0 aliphatic carbocycles. The van der Waals surface area contributed by atoms with Crippen LogP contribution in [-0.4, -0.2) is 21.7 Å². The Bertz CT molecular complexity index is 850. The van der Waals surface area contributed by atoms with Gasteiger partial charge in [-0.25, -0.2) is 9.37 Å². The highest BCUT2D eigenvalue weighted by molar-refractivity contribution is 5.60. The van der Waals surface area contributed by atoms with Crippen molar-refractivity contribution in [3.8, 4) is 11.3 Å². The molecule has 5 heteroatoms. The van der Waals surface area contributed by atoms with Crippen LogP contribution in [0.2, 0.25) is 0 Å². The van der Waals surface area contributed by atoms with Crippen molar-refractivity contribution in [1.29, 1.82) is 0 Å². The quantitative estimate of drug-likeness (QED) is 0.729. The normalized spacial score (nSPS) is 13.7. The molecule has 0 saturated carbocycles. The van der Waals surface area contributed by atoms with E-state index in [0.29, 0.717) is 17.2 Å². The van der Waals surface area contributed by atoms with E-state index in [1.165, 1.54) is 23.4 Å². The van der Waals surface area contributed by atoms with Gasteiger partial charge in [0.1, 0.15) is 5.82 Å². The molecule has 0 N–H and O–H groups in total. The molecule has 0 radical (unpaired) electrons. The molecule has 4 rings (SSSR count). The van der Waals surface area contributed by atoms with Gasteiger partial charge in [0.25, 0.3) is 0 Å². The van der Waals surface area contributed by atoms with Crippen molar-refractivity contribution in [2.45, 2.75) is 13.0 Å². The van der Waals surface area contributed by atoms with E-state index in [4.69, 9.17) is 0 Å². The molecule has 2 heterocycles. The van der Waals surface area contributed by atoms with Crippen molar-refractivity contribution >= 4 is 5.95 Å². The molecular formula is C18H15FN4. The van der Waals surface area contributed by atoms with Crippen LogP contribution in [0, 0.1) is 5.82 Å². The lowest BCUT2D eigenvalue weighted by molar-refractivity contribution is 0.630. The summed E-state index contributed by atoms with van der Waals surface area (Å²) in [6, 6.07) is 15.0. The summed E-state index contributed by atoms with van der Waals surface area (Å²) >= 11 is 0. The van der Waals surface area contributed by atoms with Crippen molar-refractivity contribution < 1.29 is 4.39 Å². The Morgan fingerprint density at radius 1 is 0.957 bits per heavy atom. The molecule has 4 nitrogen and oxygen atoms in total. The average Bonchev–Trinajstić information content (AvgIpc) is 2.62. The Morgan fingerprint density at radius 3 is 2.61 bits per heavy atom. The number of anilines is 1. The molecular weight excluding hydrogens is 291 g/mol. The number of hydrogen-bond donors (Lipinski definition) is 0. The third-order valence-corrected chi connectivity index (χ3v) is 4.11. The molecule has 0 atom stereocenters. The second kappa shape index (κ2) is 5.76. The van der Waals surface area contributed by atoms with Gasteiger partial charge in [-0.2, -0.15) is 5.10 Å². The van der Waals surface area contributed by atoms with E-state index in [9.17, 15) is 4.39 Å². The van der Waals surface area contributed by atoms with Gasteiger partial charge in [-0.15, -0.1) is 5.10 Å². The first kappa shape index (κ1) is 13.8. The number of nitrogens with zero attached hydrogens (tertiary/aromatic N) is 4. The molecule has 1 aliphatic rings. The van der Waals surface area contributed by atoms with Gasteiger partial charge in [-0.1, -0.05) is 36.4 Å². The van der Waals surface area contributed by atoms with Crippen LogP contribution in [0.4, 0.5) is 10.3 Å². The van der Waals surface area contributed by atoms with Gasteiger partial charge in [-0.3, -0.25) is 0 Å². The summed E-state index contributed by atoms with van der Waals surface area (Å²) in [7, 11) is 0. The summed E-state index contributed by atoms with van der Waals surface area (Å²) in [4.78, 5) is 6.60. The topological polar surface area (TPSA) is 41.9 Å². The Morgan fingerprint density at radius 2 is 1.74 bits per heavy atom. The van der Waals surface area contributed by atoms with Gasteiger partial charge in [0.2, 0.25) is 5.95 Å². The zero-order valence-corrected chi connectivity index (χ0v) is 12.5. The smallest absolute Gasteiger partial charge is 0.246 e. The molecule has 1 aliphatic heterocycles. The maximum atomic E-state index is 13.9. The van der Waals surface area contributed by atoms with Crippen LogP contribution in [-0.2, 0) is 13.0 Å². The van der Waals surface area contributed by atoms with Crippen molar-refractivity contribution in [2.75, 3.05) is 11.4 Å². The first-order valence-electron chi connectivity index (χ1n) is 7.57. The Balaban J connectivity index is 1.66. The molecule has 23 heavy (non-hydrogen) atoms. The van der Waals surface area contributed by atoms with Gasteiger partial charge in [0.15, 0.2) is 0 Å². The number of fused-ring (bicyclic) bond motifs is 1. The molecule has 0 bridgehead atoms. The number of rotatable bonds is 2. The van der Waals surface area contributed by atoms with Gasteiger partial charge in [0, 0.05) is 18.7 Å². The van der Waals surface area contributed by atoms with Crippen molar-refractivity contribution in [3.05, 3.63) is 71.7 Å². The van der Waals surface area contributed by atoms with E-state index < -0.39 is 0 Å². The zero-order chi connectivity index (χ0) is 15.6. The summed E-state index contributed by atoms with van der Waals surface area (Å²) in [5.74, 6) is 0.239. The van der Waals surface area contributed by atoms with Gasteiger partial charge < -0.3 is 4.90 Å². The number of benzene rings is 2. The van der Waals surface area contributed by atoms with E-state index in [-0.39, 0.29) is 5.82 Å². The maximum Gasteiger partial charge on any atom is 0.246 e. The monoisotopic (exact) mass is 306 g/mol. The van der Waals surface area contributed by atoms with Gasteiger partial charge in [0.05, 0.1) is 11.9 Å². The predicted octanol–water partition coefficient (Wildman–Crippen LogP) is 3.24. The summed E-state index contributed by atoms with van der Waals surface area (Å²) in [6.07, 6.45) is 2.45. The van der Waals surface area contributed by atoms with Crippen LogP contribution < -0.4 is 4.90 Å². The summed E-state index contributed by atoms with van der Waals surface area (Å²) < 4.78 is 13.9. The molecule has 0 fully saturated rings. The zero-order valence-electron chi connectivity index (χ0n) is 12.5. The van der Waals surface area contributed by atoms with Crippen molar-refractivity contribution in [3.63, 3.8) is 0 Å². The molecule has 114 valence electrons. The number of aromatic nitrogens is 3. The molecule has 3 aromatic rings. The highest BCUT2D eigenvalue weighted by atomic mass is 19.1. The van der Waals surface area contributed by atoms with Crippen LogP contribution in [0.25, 0.3) is 11.3 Å². The minimum atomic E-state index is -0.303. The minimum absolute atomic E-state index is 0.303. The second-order valence-corrected chi connectivity index (χ2v) is 5.56. The lowest BCUT2D eigenvalue weighted by atomic mass is 10.0. The number of hydrogen-bond acceptors (Lipinski definition) is 4. The van der Waals surface area contributed by atoms with Crippen LogP contribution in [0.1, 0.15) is 11.1 Å². The van der Waals surface area contributed by atoms with E-state index >= 15 is 0 Å².